The van der Waals surface area contributed by atoms with Crippen molar-refractivity contribution in [3.63, 3.8) is 0 Å². The Bertz CT molecular complexity index is 2400. The normalized spacial score (nSPS) is 20.7. The second-order valence-electron chi connectivity index (χ2n) is 17.1. The number of amides is 2. The molecule has 2 amide bonds. The van der Waals surface area contributed by atoms with Crippen molar-refractivity contribution in [1.82, 2.24) is 39.5 Å². The summed E-state index contributed by atoms with van der Waals surface area (Å²) in [6.45, 7) is 7.43. The summed E-state index contributed by atoms with van der Waals surface area (Å²) in [6.07, 6.45) is 8.45. The molecule has 10 rings (SSSR count). The van der Waals surface area contributed by atoms with Gasteiger partial charge in [0.1, 0.15) is 17.7 Å². The minimum atomic E-state index is -0.256. The predicted octanol–water partition coefficient (Wildman–Crippen LogP) is 7.91. The number of carbonyl (C=O) groups excluding carboxylic acids is 2. The lowest BCUT2D eigenvalue weighted by Gasteiger charge is -2.33. The summed E-state index contributed by atoms with van der Waals surface area (Å²) >= 11 is 0. The smallest absolute Gasteiger partial charge is 0.245 e. The molecule has 4 aromatic carbocycles. The molecule has 304 valence electrons. The van der Waals surface area contributed by atoms with Gasteiger partial charge in [0.05, 0.1) is 40.7 Å². The number of H-pyrrole nitrogens is 2. The Morgan fingerprint density at radius 2 is 1.17 bits per heavy atom. The van der Waals surface area contributed by atoms with Crippen LogP contribution >= 0.6 is 0 Å². The lowest BCUT2D eigenvalue weighted by Crippen LogP contribution is -2.42. The van der Waals surface area contributed by atoms with E-state index in [-0.39, 0.29) is 29.9 Å². The standard InChI is InChI=1S/C48H55N9O2/c58-44(33-53-23-7-8-24-53)56-27-11-17-42(56)46-49-38-21-19-34(29-40(38)51-46)31-55(37-15-5-2-6-16-37)32-35-20-22-39-41(30-35)52-47(50-39)43-18-12-28-57(43)48(59)45(54-25-9-10-26-54)36-13-3-1-4-14-36/h1-6,13-16,19-22,29-30,42-43,45H,7-12,17-18,23-28,31-33H2,(H,49,51)(H,50,52)/t42-,43-,45+/m0/s1. The topological polar surface area (TPSA) is 108 Å². The fraction of sp³-hybridized carbons (Fsp3) is 0.417. The van der Waals surface area contributed by atoms with Crippen LogP contribution in [0.2, 0.25) is 0 Å². The van der Waals surface area contributed by atoms with Gasteiger partial charge >= 0.3 is 0 Å². The number of imidazole rings is 2. The van der Waals surface area contributed by atoms with E-state index in [4.69, 9.17) is 9.97 Å². The van der Waals surface area contributed by atoms with Gasteiger partial charge in [0.25, 0.3) is 0 Å². The van der Waals surface area contributed by atoms with E-state index in [0.29, 0.717) is 19.6 Å². The third kappa shape index (κ3) is 7.85. The Hall–Kier alpha value is -5.52. The van der Waals surface area contributed by atoms with E-state index in [1.54, 1.807) is 0 Å². The van der Waals surface area contributed by atoms with Crippen molar-refractivity contribution in [3.05, 3.63) is 125 Å². The van der Waals surface area contributed by atoms with E-state index >= 15 is 0 Å². The predicted molar refractivity (Wildman–Crippen MR) is 232 cm³/mol. The molecular weight excluding hydrogens is 735 g/mol. The summed E-state index contributed by atoms with van der Waals surface area (Å²) < 4.78 is 0. The SMILES string of the molecule is O=C(CN1CCCC1)N1CCC[C@H]1c1nc2ccc(CN(Cc3ccc4nc([C@@H]5CCCN5C(=O)[C@@H](c5ccccc5)N5CCCC5)[nH]c4c3)c3ccccc3)cc2[nH]1. The fourth-order valence-corrected chi connectivity index (χ4v) is 10.2. The van der Waals surface area contributed by atoms with Gasteiger partial charge in [0.2, 0.25) is 11.8 Å². The van der Waals surface area contributed by atoms with Crippen molar-refractivity contribution in [1.29, 1.82) is 0 Å². The van der Waals surface area contributed by atoms with Crippen molar-refractivity contribution >= 4 is 39.6 Å². The average Bonchev–Trinajstić information content (AvgIpc) is 4.12. The number of benzene rings is 4. The number of hydrogen-bond donors (Lipinski definition) is 2. The van der Waals surface area contributed by atoms with Crippen LogP contribution in [0.1, 0.15) is 97.8 Å². The quantitative estimate of drug-likeness (QED) is 0.130. The summed E-state index contributed by atoms with van der Waals surface area (Å²) in [4.78, 5) is 56.4. The van der Waals surface area contributed by atoms with Gasteiger partial charge in [-0.15, -0.1) is 0 Å². The van der Waals surface area contributed by atoms with Crippen LogP contribution in [0, 0.1) is 0 Å². The second-order valence-corrected chi connectivity index (χ2v) is 17.1. The number of hydrogen-bond acceptors (Lipinski definition) is 7. The fourth-order valence-electron chi connectivity index (χ4n) is 10.2. The minimum Gasteiger partial charge on any atom is -0.363 e. The van der Waals surface area contributed by atoms with Crippen LogP contribution in [0.3, 0.4) is 0 Å². The molecule has 0 bridgehead atoms. The van der Waals surface area contributed by atoms with Crippen LogP contribution in [0.25, 0.3) is 22.1 Å². The van der Waals surface area contributed by atoms with Gasteiger partial charge in [-0.2, -0.15) is 0 Å². The molecule has 0 aliphatic carbocycles. The third-order valence-corrected chi connectivity index (χ3v) is 13.2. The monoisotopic (exact) mass is 789 g/mol. The second kappa shape index (κ2) is 16.6. The number of anilines is 1. The number of fused-ring (bicyclic) bond motifs is 2. The molecule has 2 N–H and O–H groups in total. The van der Waals surface area contributed by atoms with E-state index in [1.807, 2.05) is 23.1 Å². The Labute approximate surface area is 346 Å². The Morgan fingerprint density at radius 1 is 0.627 bits per heavy atom. The third-order valence-electron chi connectivity index (χ3n) is 13.2. The molecule has 11 nitrogen and oxygen atoms in total. The van der Waals surface area contributed by atoms with Gasteiger partial charge in [-0.05, 0) is 131 Å². The molecule has 59 heavy (non-hydrogen) atoms. The van der Waals surface area contributed by atoms with Crippen molar-refractivity contribution in [2.24, 2.45) is 0 Å². The highest BCUT2D eigenvalue weighted by Gasteiger charge is 2.39. The number of aromatic amines is 2. The number of para-hydroxylation sites is 1. The van der Waals surface area contributed by atoms with Crippen LogP contribution in [0.15, 0.2) is 97.1 Å². The highest BCUT2D eigenvalue weighted by atomic mass is 16.2. The first-order valence-corrected chi connectivity index (χ1v) is 21.9. The highest BCUT2D eigenvalue weighted by Crippen LogP contribution is 2.37. The Balaban J connectivity index is 0.867. The zero-order valence-corrected chi connectivity index (χ0v) is 33.9. The van der Waals surface area contributed by atoms with Crippen molar-refractivity contribution in [3.8, 4) is 0 Å². The molecule has 2 aromatic heterocycles. The van der Waals surface area contributed by atoms with E-state index in [1.165, 1.54) is 24.0 Å². The number of nitrogens with one attached hydrogen (secondary N) is 2. The van der Waals surface area contributed by atoms with E-state index < -0.39 is 0 Å². The summed E-state index contributed by atoms with van der Waals surface area (Å²) in [6, 6.07) is 33.6. The molecule has 0 spiro atoms. The molecule has 3 atom stereocenters. The van der Waals surface area contributed by atoms with Crippen LogP contribution in [0.4, 0.5) is 5.69 Å². The first kappa shape index (κ1) is 37.7. The molecule has 4 aliphatic rings. The molecule has 4 saturated heterocycles. The largest absolute Gasteiger partial charge is 0.363 e. The zero-order valence-electron chi connectivity index (χ0n) is 33.9. The average molecular weight is 790 g/mol. The first-order valence-electron chi connectivity index (χ1n) is 21.9. The molecule has 6 heterocycles. The van der Waals surface area contributed by atoms with Gasteiger partial charge in [-0.25, -0.2) is 9.97 Å². The first-order chi connectivity index (χ1) is 29.0. The number of nitrogens with zero attached hydrogens (tertiary/aromatic N) is 7. The number of rotatable bonds is 12. The van der Waals surface area contributed by atoms with E-state index in [0.717, 1.165) is 123 Å². The molecule has 11 heteroatoms. The number of likely N-dealkylation sites (tertiary alicyclic amines) is 4. The number of carbonyl (C=O) groups is 2. The van der Waals surface area contributed by atoms with Gasteiger partial charge < -0.3 is 24.7 Å². The summed E-state index contributed by atoms with van der Waals surface area (Å²) in [7, 11) is 0. The van der Waals surface area contributed by atoms with Crippen LogP contribution in [-0.2, 0) is 22.7 Å². The Kier molecular flexibility index (Phi) is 10.6. The molecule has 0 saturated carbocycles. The van der Waals surface area contributed by atoms with Crippen LogP contribution < -0.4 is 4.90 Å². The van der Waals surface area contributed by atoms with Crippen molar-refractivity contribution in [2.75, 3.05) is 50.7 Å². The molecule has 0 unspecified atom stereocenters. The highest BCUT2D eigenvalue weighted by molar-refractivity contribution is 5.84. The molecule has 0 radical (unpaired) electrons. The maximum Gasteiger partial charge on any atom is 0.245 e. The van der Waals surface area contributed by atoms with Gasteiger partial charge in [0.15, 0.2) is 0 Å². The lowest BCUT2D eigenvalue weighted by atomic mass is 10.0. The summed E-state index contributed by atoms with van der Waals surface area (Å²) in [5.74, 6) is 2.18. The van der Waals surface area contributed by atoms with E-state index in [9.17, 15) is 9.59 Å². The van der Waals surface area contributed by atoms with Gasteiger partial charge in [0, 0.05) is 31.9 Å². The van der Waals surface area contributed by atoms with E-state index in [2.05, 4.69) is 108 Å². The van der Waals surface area contributed by atoms with Crippen LogP contribution in [0.5, 0.6) is 0 Å². The van der Waals surface area contributed by atoms with Crippen LogP contribution in [-0.4, -0.2) is 97.2 Å². The maximum absolute atomic E-state index is 14.4. The Morgan fingerprint density at radius 3 is 1.78 bits per heavy atom. The minimum absolute atomic E-state index is 0.00181. The number of aromatic nitrogens is 4. The molecule has 4 aliphatic heterocycles. The molecular formula is C48H55N9O2. The molecule has 6 aromatic rings. The van der Waals surface area contributed by atoms with Gasteiger partial charge in [-0.3, -0.25) is 19.4 Å². The zero-order chi connectivity index (χ0) is 39.7. The maximum atomic E-state index is 14.4. The van der Waals surface area contributed by atoms with Gasteiger partial charge in [-0.1, -0.05) is 60.7 Å². The van der Waals surface area contributed by atoms with Crippen molar-refractivity contribution < 1.29 is 9.59 Å². The van der Waals surface area contributed by atoms with Crippen molar-refractivity contribution in [2.45, 2.75) is 82.6 Å². The summed E-state index contributed by atoms with van der Waals surface area (Å²) in [5.41, 5.74) is 8.44. The lowest BCUT2D eigenvalue weighted by molar-refractivity contribution is -0.138. The summed E-state index contributed by atoms with van der Waals surface area (Å²) in [5, 5.41) is 0. The molecule has 4 fully saturated rings.